The topological polar surface area (TPSA) is 113 Å². The van der Waals surface area contributed by atoms with Gasteiger partial charge in [0.05, 0.1) is 11.5 Å². The van der Waals surface area contributed by atoms with E-state index in [1.54, 1.807) is 0 Å². The zero-order valence-corrected chi connectivity index (χ0v) is 13.5. The second-order valence-corrected chi connectivity index (χ2v) is 3.80. The van der Waals surface area contributed by atoms with Gasteiger partial charge in [-0.1, -0.05) is 0 Å². The summed E-state index contributed by atoms with van der Waals surface area (Å²) in [6.45, 7) is 0.123. The summed E-state index contributed by atoms with van der Waals surface area (Å²) in [7, 11) is -0.554. The van der Waals surface area contributed by atoms with Gasteiger partial charge in [0.2, 0.25) is 0 Å². The molecule has 0 radical (unpaired) electrons. The van der Waals surface area contributed by atoms with Crippen molar-refractivity contribution >= 4 is 18.9 Å². The summed E-state index contributed by atoms with van der Waals surface area (Å²) in [5.74, 6) is -0.446. The fraction of sp³-hybridized carbons (Fsp3) is 0.222. The van der Waals surface area contributed by atoms with Gasteiger partial charge in [-0.25, -0.2) is 0 Å². The molecule has 1 amide bonds. The number of nitro benzene ring substituents is 1. The van der Waals surface area contributed by atoms with Crippen molar-refractivity contribution in [3.05, 3.63) is 33.4 Å². The number of benzene rings is 1. The molecule has 0 fully saturated rings. The fourth-order valence-corrected chi connectivity index (χ4v) is 1.89. The third-order valence-electron chi connectivity index (χ3n) is 2.63. The summed E-state index contributed by atoms with van der Waals surface area (Å²) >= 11 is 0. The third-order valence-corrected chi connectivity index (χ3v) is 2.63. The predicted octanol–water partition coefficient (Wildman–Crippen LogP) is -3.35. The molecule has 96 valence electrons. The van der Waals surface area contributed by atoms with E-state index < -0.39 is 18.2 Å². The Balaban J connectivity index is 0.00000180. The molecule has 19 heavy (non-hydrogen) atoms. The minimum Gasteiger partial charge on any atom is -1.00 e. The Hall–Kier alpha value is -0.489. The number of amides is 1. The van der Waals surface area contributed by atoms with Crippen LogP contribution in [-0.4, -0.2) is 40.1 Å². The Kier molecular flexibility index (Phi) is 5.50. The SMILES string of the molecule is CN1Cc2c(OB(O)O)ccc([N+](=O)[O-])c2C1=O.[H-].[K+]. The first-order valence-electron chi connectivity index (χ1n) is 5.00. The van der Waals surface area contributed by atoms with Crippen molar-refractivity contribution in [2.75, 3.05) is 7.05 Å². The molecule has 2 N–H and O–H groups in total. The summed E-state index contributed by atoms with van der Waals surface area (Å²) in [4.78, 5) is 23.3. The number of rotatable bonds is 3. The van der Waals surface area contributed by atoms with Gasteiger partial charge in [-0.05, 0) is 6.07 Å². The van der Waals surface area contributed by atoms with Gasteiger partial charge in [0.15, 0.2) is 0 Å². The number of nitrogens with zero attached hydrogens (tertiary/aromatic N) is 2. The number of nitro groups is 1. The second-order valence-electron chi connectivity index (χ2n) is 3.80. The number of fused-ring (bicyclic) bond motifs is 1. The normalized spacial score (nSPS) is 12.8. The van der Waals surface area contributed by atoms with Crippen molar-refractivity contribution in [3.63, 3.8) is 0 Å². The Bertz CT molecular complexity index is 543. The van der Waals surface area contributed by atoms with Crippen LogP contribution in [-0.2, 0) is 6.54 Å². The van der Waals surface area contributed by atoms with Crippen LogP contribution in [0.4, 0.5) is 5.69 Å². The van der Waals surface area contributed by atoms with Crippen LogP contribution in [0.5, 0.6) is 5.75 Å². The van der Waals surface area contributed by atoms with Crippen LogP contribution in [0.15, 0.2) is 12.1 Å². The summed E-state index contributed by atoms with van der Waals surface area (Å²) in [6.07, 6.45) is 0. The Morgan fingerprint density at radius 2 is 2.16 bits per heavy atom. The van der Waals surface area contributed by atoms with Crippen molar-refractivity contribution in [2.45, 2.75) is 6.54 Å². The minimum atomic E-state index is -2.04. The van der Waals surface area contributed by atoms with Crippen LogP contribution in [0.2, 0.25) is 0 Å². The van der Waals surface area contributed by atoms with E-state index >= 15 is 0 Å². The third kappa shape index (κ3) is 3.16. The molecule has 8 nitrogen and oxygen atoms in total. The largest absolute Gasteiger partial charge is 1.00 e. The van der Waals surface area contributed by atoms with Gasteiger partial charge >= 0.3 is 58.7 Å². The summed E-state index contributed by atoms with van der Waals surface area (Å²) in [6, 6.07) is 2.34. The Labute approximate surface area is 152 Å². The first-order chi connectivity index (χ1) is 8.41. The number of carbonyl (C=O) groups excluding carboxylic acids is 1. The molecule has 1 aromatic carbocycles. The molecule has 10 heteroatoms. The van der Waals surface area contributed by atoms with Crippen LogP contribution in [0.3, 0.4) is 0 Å². The van der Waals surface area contributed by atoms with Gasteiger partial charge in [0.1, 0.15) is 11.3 Å². The zero-order valence-electron chi connectivity index (χ0n) is 11.4. The van der Waals surface area contributed by atoms with Crippen LogP contribution >= 0.6 is 0 Å². The van der Waals surface area contributed by atoms with Gasteiger partial charge in [-0.2, -0.15) is 0 Å². The van der Waals surface area contributed by atoms with Crippen molar-refractivity contribution in [1.82, 2.24) is 4.90 Å². The molecule has 0 atom stereocenters. The molecular formula is C9H10BKN2O6. The molecule has 0 saturated heterocycles. The number of carbonyl (C=O) groups is 1. The Morgan fingerprint density at radius 3 is 2.68 bits per heavy atom. The zero-order chi connectivity index (χ0) is 13.4. The van der Waals surface area contributed by atoms with Crippen molar-refractivity contribution < 1.29 is 77.2 Å². The molecule has 1 aliphatic heterocycles. The molecule has 1 aliphatic rings. The van der Waals surface area contributed by atoms with Crippen molar-refractivity contribution in [2.24, 2.45) is 0 Å². The molecule has 0 aromatic heterocycles. The molecule has 2 rings (SSSR count). The van der Waals surface area contributed by atoms with Gasteiger partial charge in [-0.3, -0.25) is 14.9 Å². The number of hydrogen-bond donors (Lipinski definition) is 2. The van der Waals surface area contributed by atoms with Gasteiger partial charge in [0, 0.05) is 18.7 Å². The van der Waals surface area contributed by atoms with E-state index in [-0.39, 0.29) is 81.9 Å². The minimum absolute atomic E-state index is 0. The van der Waals surface area contributed by atoms with E-state index in [0.29, 0.717) is 0 Å². The van der Waals surface area contributed by atoms with E-state index in [2.05, 4.69) is 0 Å². The summed E-state index contributed by atoms with van der Waals surface area (Å²) < 4.78 is 4.70. The maximum absolute atomic E-state index is 11.8. The van der Waals surface area contributed by atoms with Crippen molar-refractivity contribution in [3.8, 4) is 5.75 Å². The molecular weight excluding hydrogens is 282 g/mol. The average molecular weight is 292 g/mol. The monoisotopic (exact) mass is 292 g/mol. The van der Waals surface area contributed by atoms with Crippen molar-refractivity contribution in [1.29, 1.82) is 0 Å². The van der Waals surface area contributed by atoms with E-state index in [1.165, 1.54) is 18.0 Å². The van der Waals surface area contributed by atoms with E-state index in [9.17, 15) is 14.9 Å². The maximum atomic E-state index is 11.8. The first-order valence-corrected chi connectivity index (χ1v) is 5.00. The average Bonchev–Trinajstić information content (AvgIpc) is 2.56. The van der Waals surface area contributed by atoms with Crippen LogP contribution < -0.4 is 56.0 Å². The Morgan fingerprint density at radius 1 is 1.53 bits per heavy atom. The molecule has 1 aromatic rings. The quantitative estimate of drug-likeness (QED) is 0.342. The summed E-state index contributed by atoms with van der Waals surface area (Å²) in [5, 5.41) is 28.3. The van der Waals surface area contributed by atoms with Crippen LogP contribution in [0.1, 0.15) is 17.3 Å². The second kappa shape index (κ2) is 6.31. The molecule has 0 unspecified atom stereocenters. The van der Waals surface area contributed by atoms with E-state index in [0.717, 1.165) is 6.07 Å². The van der Waals surface area contributed by atoms with Gasteiger partial charge in [0.25, 0.3) is 11.6 Å². The predicted molar refractivity (Wildman–Crippen MR) is 60.8 cm³/mol. The van der Waals surface area contributed by atoms with E-state index in [4.69, 9.17) is 14.7 Å². The molecule has 0 aliphatic carbocycles. The fourth-order valence-electron chi connectivity index (χ4n) is 1.89. The molecule has 1 heterocycles. The van der Waals surface area contributed by atoms with Crippen LogP contribution in [0.25, 0.3) is 0 Å². The standard InChI is InChI=1S/C9H9BN2O6.K.H/c1-11-4-5-7(18-10(14)15)3-2-6(12(16)17)8(5)9(11)13;;/h2-3,14-15H,4H2,1H3;;/q;+1;-1. The van der Waals surface area contributed by atoms with Gasteiger partial charge in [-0.15, -0.1) is 0 Å². The molecule has 0 saturated carbocycles. The summed E-state index contributed by atoms with van der Waals surface area (Å²) in [5.41, 5.74) is -0.107. The first kappa shape index (κ1) is 16.6. The number of hydrogen-bond acceptors (Lipinski definition) is 6. The molecule has 0 spiro atoms. The van der Waals surface area contributed by atoms with Crippen LogP contribution in [0, 0.1) is 10.1 Å². The maximum Gasteiger partial charge on any atom is 1.00 e. The van der Waals surface area contributed by atoms with E-state index in [1.807, 2.05) is 0 Å². The molecule has 0 bridgehead atoms. The smallest absolute Gasteiger partial charge is 1.00 e. The van der Waals surface area contributed by atoms with Gasteiger partial charge < -0.3 is 21.0 Å².